The van der Waals surface area contributed by atoms with Crippen LogP contribution >= 0.6 is 0 Å². The molecule has 2 N–H and O–H groups in total. The van der Waals surface area contributed by atoms with E-state index in [1.807, 2.05) is 32.2 Å². The van der Waals surface area contributed by atoms with Crippen LogP contribution in [0.3, 0.4) is 0 Å². The number of hydrogen-bond donors (Lipinski definition) is 2. The average Bonchev–Trinajstić information content (AvgIpc) is 3.31. The average molecular weight is 411 g/mol. The molecule has 2 aliphatic rings. The van der Waals surface area contributed by atoms with Crippen molar-refractivity contribution in [3.63, 3.8) is 0 Å². The Morgan fingerprint density at radius 3 is 2.80 bits per heavy atom. The number of benzene rings is 1. The molecule has 3 amide bonds. The van der Waals surface area contributed by atoms with Crippen molar-refractivity contribution >= 4 is 17.7 Å². The summed E-state index contributed by atoms with van der Waals surface area (Å²) in [5.41, 5.74) is 2.73. The fourth-order valence-corrected chi connectivity index (χ4v) is 3.77. The molecule has 0 spiro atoms. The number of hydrogen-bond acceptors (Lipinski definition) is 6. The van der Waals surface area contributed by atoms with Crippen LogP contribution in [0, 0.1) is 5.41 Å². The SMILES string of the molecule is CC(C)(CO)CCc1cn(-c2ccc3c(c2)C(=O)N(C2CCC(=O)NC2=O)C3)nn1. The molecule has 30 heavy (non-hydrogen) atoms. The fourth-order valence-electron chi connectivity index (χ4n) is 3.77. The summed E-state index contributed by atoms with van der Waals surface area (Å²) in [7, 11) is 0. The van der Waals surface area contributed by atoms with Crippen LogP contribution in [0.15, 0.2) is 24.4 Å². The van der Waals surface area contributed by atoms with E-state index < -0.39 is 11.9 Å². The third-order valence-electron chi connectivity index (χ3n) is 5.80. The maximum Gasteiger partial charge on any atom is 0.255 e. The van der Waals surface area contributed by atoms with Crippen molar-refractivity contribution in [2.75, 3.05) is 6.61 Å². The van der Waals surface area contributed by atoms with Gasteiger partial charge in [0.1, 0.15) is 6.04 Å². The van der Waals surface area contributed by atoms with Crippen LogP contribution in [0.2, 0.25) is 0 Å². The van der Waals surface area contributed by atoms with E-state index in [9.17, 15) is 19.5 Å². The smallest absolute Gasteiger partial charge is 0.255 e. The highest BCUT2D eigenvalue weighted by Crippen LogP contribution is 2.29. The first-order valence-electron chi connectivity index (χ1n) is 10.1. The zero-order valence-corrected chi connectivity index (χ0v) is 17.1. The number of imide groups is 1. The van der Waals surface area contributed by atoms with Gasteiger partial charge in [-0.05, 0) is 42.4 Å². The molecule has 1 atom stereocenters. The number of aryl methyl sites for hydroxylation is 1. The van der Waals surface area contributed by atoms with Crippen molar-refractivity contribution in [1.29, 1.82) is 0 Å². The molecule has 1 aromatic carbocycles. The lowest BCUT2D eigenvalue weighted by atomic mass is 9.88. The van der Waals surface area contributed by atoms with Crippen LogP contribution in [0.25, 0.3) is 5.69 Å². The van der Waals surface area contributed by atoms with Gasteiger partial charge in [0, 0.05) is 25.1 Å². The van der Waals surface area contributed by atoms with Gasteiger partial charge in [-0.1, -0.05) is 25.1 Å². The minimum absolute atomic E-state index is 0.109. The minimum atomic E-state index is -0.626. The van der Waals surface area contributed by atoms with Crippen LogP contribution in [0.4, 0.5) is 0 Å². The molecule has 2 aliphatic heterocycles. The topological polar surface area (TPSA) is 117 Å². The molecule has 4 rings (SSSR count). The van der Waals surface area contributed by atoms with Crippen molar-refractivity contribution in [2.24, 2.45) is 5.41 Å². The van der Waals surface area contributed by atoms with Crippen molar-refractivity contribution in [2.45, 2.75) is 52.1 Å². The Balaban J connectivity index is 1.50. The second-order valence-electron chi connectivity index (χ2n) is 8.72. The summed E-state index contributed by atoms with van der Waals surface area (Å²) in [6.45, 7) is 4.45. The molecule has 1 unspecified atom stereocenters. The van der Waals surface area contributed by atoms with Gasteiger partial charge in [-0.25, -0.2) is 4.68 Å². The number of nitrogens with one attached hydrogen (secondary N) is 1. The van der Waals surface area contributed by atoms with Gasteiger partial charge in [0.2, 0.25) is 11.8 Å². The Morgan fingerprint density at radius 2 is 2.07 bits per heavy atom. The first kappa shape index (κ1) is 20.2. The number of piperidine rings is 1. The molecule has 0 radical (unpaired) electrons. The van der Waals surface area contributed by atoms with Gasteiger partial charge in [-0.15, -0.1) is 5.10 Å². The number of fused-ring (bicyclic) bond motifs is 1. The van der Waals surface area contributed by atoms with E-state index in [0.29, 0.717) is 30.6 Å². The molecular weight excluding hydrogens is 386 g/mol. The van der Waals surface area contributed by atoms with Crippen LogP contribution < -0.4 is 5.32 Å². The molecule has 3 heterocycles. The second kappa shape index (κ2) is 7.64. The van der Waals surface area contributed by atoms with Crippen molar-refractivity contribution in [3.8, 4) is 5.69 Å². The van der Waals surface area contributed by atoms with Gasteiger partial charge in [0.05, 0.1) is 17.6 Å². The lowest BCUT2D eigenvalue weighted by molar-refractivity contribution is -0.136. The quantitative estimate of drug-likeness (QED) is 0.685. The van der Waals surface area contributed by atoms with Crippen molar-refractivity contribution in [3.05, 3.63) is 41.2 Å². The molecular formula is C21H25N5O4. The largest absolute Gasteiger partial charge is 0.396 e. The highest BCUT2D eigenvalue weighted by atomic mass is 16.3. The van der Waals surface area contributed by atoms with E-state index >= 15 is 0 Å². The Bertz CT molecular complexity index is 1010. The Labute approximate surface area is 174 Å². The van der Waals surface area contributed by atoms with Gasteiger partial charge in [-0.2, -0.15) is 0 Å². The number of aliphatic hydroxyl groups is 1. The number of rotatable bonds is 6. The molecule has 0 saturated carbocycles. The van der Waals surface area contributed by atoms with E-state index in [0.717, 1.165) is 17.7 Å². The number of carbonyl (C=O) groups excluding carboxylic acids is 3. The molecule has 158 valence electrons. The van der Waals surface area contributed by atoms with Crippen LogP contribution in [-0.4, -0.2) is 55.4 Å². The van der Waals surface area contributed by atoms with Crippen molar-refractivity contribution in [1.82, 2.24) is 25.2 Å². The first-order valence-corrected chi connectivity index (χ1v) is 10.1. The number of aromatic nitrogens is 3. The lowest BCUT2D eigenvalue weighted by Crippen LogP contribution is -2.52. The summed E-state index contributed by atoms with van der Waals surface area (Å²) < 4.78 is 1.63. The molecule has 1 fully saturated rings. The molecule has 1 saturated heterocycles. The van der Waals surface area contributed by atoms with Crippen LogP contribution in [-0.2, 0) is 22.6 Å². The third kappa shape index (κ3) is 3.85. The molecule has 9 heteroatoms. The number of aliphatic hydroxyl groups excluding tert-OH is 1. The van der Waals surface area contributed by atoms with Gasteiger partial charge in [0.25, 0.3) is 5.91 Å². The summed E-state index contributed by atoms with van der Waals surface area (Å²) in [6.07, 6.45) is 3.88. The van der Waals surface area contributed by atoms with Crippen LogP contribution in [0.5, 0.6) is 0 Å². The molecule has 2 aromatic rings. The van der Waals surface area contributed by atoms with E-state index in [4.69, 9.17) is 0 Å². The van der Waals surface area contributed by atoms with Crippen molar-refractivity contribution < 1.29 is 19.5 Å². The molecule has 0 bridgehead atoms. The van der Waals surface area contributed by atoms with Crippen LogP contribution in [0.1, 0.15) is 54.7 Å². The summed E-state index contributed by atoms with van der Waals surface area (Å²) >= 11 is 0. The zero-order valence-electron chi connectivity index (χ0n) is 17.1. The summed E-state index contributed by atoms with van der Waals surface area (Å²) in [6, 6.07) is 4.87. The summed E-state index contributed by atoms with van der Waals surface area (Å²) in [5.74, 6) is -0.933. The first-order chi connectivity index (χ1) is 14.3. The van der Waals surface area contributed by atoms with Gasteiger partial charge in [-0.3, -0.25) is 19.7 Å². The Morgan fingerprint density at radius 1 is 1.27 bits per heavy atom. The van der Waals surface area contributed by atoms with E-state index in [1.54, 1.807) is 10.7 Å². The Hall–Kier alpha value is -3.07. The minimum Gasteiger partial charge on any atom is -0.396 e. The van der Waals surface area contributed by atoms with E-state index in [1.165, 1.54) is 4.90 Å². The van der Waals surface area contributed by atoms with Gasteiger partial charge in [0.15, 0.2) is 0 Å². The number of amides is 3. The van der Waals surface area contributed by atoms with E-state index in [-0.39, 0.29) is 30.3 Å². The highest BCUT2D eigenvalue weighted by molar-refractivity contribution is 6.05. The van der Waals surface area contributed by atoms with Gasteiger partial charge >= 0.3 is 0 Å². The maximum absolute atomic E-state index is 12.9. The predicted octanol–water partition coefficient (Wildman–Crippen LogP) is 0.979. The van der Waals surface area contributed by atoms with E-state index in [2.05, 4.69) is 15.6 Å². The monoisotopic (exact) mass is 411 g/mol. The fraction of sp³-hybridized carbons (Fsp3) is 0.476. The molecule has 1 aromatic heterocycles. The lowest BCUT2D eigenvalue weighted by Gasteiger charge is -2.29. The summed E-state index contributed by atoms with van der Waals surface area (Å²) in [5, 5.41) is 20.1. The zero-order chi connectivity index (χ0) is 21.5. The third-order valence-corrected chi connectivity index (χ3v) is 5.80. The molecule has 0 aliphatic carbocycles. The summed E-state index contributed by atoms with van der Waals surface area (Å²) in [4.78, 5) is 38.0. The normalized spacial score (nSPS) is 19.2. The molecule has 9 nitrogen and oxygen atoms in total. The highest BCUT2D eigenvalue weighted by Gasteiger charge is 2.39. The standard InChI is InChI=1S/C21H25N5O4/c1-21(2,12-27)8-7-14-11-26(24-23-14)15-4-3-13-10-25(20(30)16(13)9-15)17-5-6-18(28)22-19(17)29/h3-4,9,11,17,27H,5-8,10,12H2,1-2H3,(H,22,28,29). The number of carbonyl (C=O) groups is 3. The Kier molecular flexibility index (Phi) is 5.15. The predicted molar refractivity (Wildman–Crippen MR) is 107 cm³/mol. The maximum atomic E-state index is 12.9. The van der Waals surface area contributed by atoms with Gasteiger partial charge < -0.3 is 10.0 Å². The number of nitrogens with zero attached hydrogens (tertiary/aromatic N) is 4. The second-order valence-corrected chi connectivity index (χ2v) is 8.72.